The molecule has 2 N–H and O–H groups in total. The largest absolute Gasteiger partial charge is 0.496 e. The molecule has 6 nitrogen and oxygen atoms in total. The SMILES string of the molecule is COc1ccc(CSc2nnc(CCC(N)=O)n2CC(C)C)cc1Br. The third-order valence-electron chi connectivity index (χ3n) is 3.52. The summed E-state index contributed by atoms with van der Waals surface area (Å²) < 4.78 is 8.28. The van der Waals surface area contributed by atoms with Crippen LogP contribution in [0.2, 0.25) is 0 Å². The lowest BCUT2D eigenvalue weighted by atomic mass is 10.2. The average Bonchev–Trinajstić information content (AvgIpc) is 2.92. The highest BCUT2D eigenvalue weighted by molar-refractivity contribution is 9.10. The number of ether oxygens (including phenoxy) is 1. The van der Waals surface area contributed by atoms with E-state index < -0.39 is 0 Å². The number of carbonyl (C=O) groups excluding carboxylic acids is 1. The number of methoxy groups -OCH3 is 1. The predicted octanol–water partition coefficient (Wildman–Crippen LogP) is 3.42. The van der Waals surface area contributed by atoms with Crippen LogP contribution < -0.4 is 10.5 Å². The number of hydrogen-bond donors (Lipinski definition) is 1. The van der Waals surface area contributed by atoms with Crippen LogP contribution in [0.4, 0.5) is 0 Å². The highest BCUT2D eigenvalue weighted by Crippen LogP contribution is 2.29. The maximum Gasteiger partial charge on any atom is 0.217 e. The van der Waals surface area contributed by atoms with Crippen LogP contribution in [0.25, 0.3) is 0 Å². The van der Waals surface area contributed by atoms with Crippen molar-refractivity contribution in [3.05, 3.63) is 34.1 Å². The molecule has 1 heterocycles. The van der Waals surface area contributed by atoms with E-state index in [0.29, 0.717) is 12.3 Å². The Balaban J connectivity index is 2.12. The van der Waals surface area contributed by atoms with Gasteiger partial charge in [-0.05, 0) is 39.5 Å². The summed E-state index contributed by atoms with van der Waals surface area (Å²) in [6.45, 7) is 5.11. The molecule has 0 atom stereocenters. The Kier molecular flexibility index (Phi) is 7.31. The lowest BCUT2D eigenvalue weighted by Crippen LogP contribution is -2.15. The number of hydrogen-bond acceptors (Lipinski definition) is 5. The molecule has 1 aromatic heterocycles. The fourth-order valence-corrected chi connectivity index (χ4v) is 3.84. The number of nitrogens with two attached hydrogens (primary N) is 1. The molecule has 1 aromatic carbocycles. The molecule has 2 aromatic rings. The van der Waals surface area contributed by atoms with Crippen molar-refractivity contribution in [3.8, 4) is 5.75 Å². The van der Waals surface area contributed by atoms with E-state index in [9.17, 15) is 4.79 Å². The first-order valence-corrected chi connectivity index (χ1v) is 9.84. The number of carbonyl (C=O) groups is 1. The summed E-state index contributed by atoms with van der Waals surface area (Å²) in [7, 11) is 1.65. The molecule has 0 radical (unpaired) electrons. The minimum atomic E-state index is -0.323. The Bertz CT molecular complexity index is 733. The molecule has 2 rings (SSSR count). The zero-order valence-corrected chi connectivity index (χ0v) is 17.1. The second kappa shape index (κ2) is 9.24. The van der Waals surface area contributed by atoms with E-state index >= 15 is 0 Å². The van der Waals surface area contributed by atoms with E-state index in [-0.39, 0.29) is 12.3 Å². The second-order valence-electron chi connectivity index (χ2n) is 6.13. The number of aromatic nitrogens is 3. The van der Waals surface area contributed by atoms with Crippen molar-refractivity contribution < 1.29 is 9.53 Å². The third-order valence-corrected chi connectivity index (χ3v) is 5.18. The summed E-state index contributed by atoms with van der Waals surface area (Å²) in [5, 5.41) is 9.42. The molecule has 0 aliphatic heterocycles. The molecular formula is C17H23BrN4O2S. The smallest absolute Gasteiger partial charge is 0.217 e. The molecule has 0 saturated carbocycles. The zero-order chi connectivity index (χ0) is 18.4. The summed E-state index contributed by atoms with van der Waals surface area (Å²) in [4.78, 5) is 11.1. The van der Waals surface area contributed by atoms with Gasteiger partial charge in [-0.3, -0.25) is 4.79 Å². The number of benzene rings is 1. The van der Waals surface area contributed by atoms with Gasteiger partial charge in [-0.1, -0.05) is 31.7 Å². The number of rotatable bonds is 9. The first kappa shape index (κ1) is 19.8. The van der Waals surface area contributed by atoms with Crippen LogP contribution in [0, 0.1) is 5.92 Å². The topological polar surface area (TPSA) is 83.0 Å². The molecule has 0 aliphatic rings. The molecule has 0 aliphatic carbocycles. The van der Waals surface area contributed by atoms with Crippen molar-refractivity contribution in [1.82, 2.24) is 14.8 Å². The van der Waals surface area contributed by atoms with Gasteiger partial charge in [0.05, 0.1) is 11.6 Å². The number of amides is 1. The Hall–Kier alpha value is -1.54. The normalized spacial score (nSPS) is 11.1. The fraction of sp³-hybridized carbons (Fsp3) is 0.471. The monoisotopic (exact) mass is 426 g/mol. The summed E-state index contributed by atoms with van der Waals surface area (Å²) in [5.41, 5.74) is 6.42. The maximum absolute atomic E-state index is 11.1. The van der Waals surface area contributed by atoms with Gasteiger partial charge in [-0.15, -0.1) is 10.2 Å². The Labute approximate surface area is 160 Å². The molecule has 136 valence electrons. The van der Waals surface area contributed by atoms with Gasteiger partial charge in [0.2, 0.25) is 5.91 Å². The van der Waals surface area contributed by atoms with E-state index in [2.05, 4.69) is 44.5 Å². The summed E-state index contributed by atoms with van der Waals surface area (Å²) in [6, 6.07) is 6.02. The minimum Gasteiger partial charge on any atom is -0.496 e. The van der Waals surface area contributed by atoms with Gasteiger partial charge in [-0.2, -0.15) is 0 Å². The van der Waals surface area contributed by atoms with E-state index in [1.807, 2.05) is 18.2 Å². The highest BCUT2D eigenvalue weighted by Gasteiger charge is 2.15. The number of halogens is 1. The Morgan fingerprint density at radius 2 is 2.16 bits per heavy atom. The molecule has 0 spiro atoms. The van der Waals surface area contributed by atoms with Gasteiger partial charge < -0.3 is 15.0 Å². The van der Waals surface area contributed by atoms with Crippen molar-refractivity contribution in [2.45, 2.75) is 44.1 Å². The van der Waals surface area contributed by atoms with E-state index in [1.165, 1.54) is 0 Å². The first-order chi connectivity index (χ1) is 11.9. The van der Waals surface area contributed by atoms with Crippen LogP contribution in [0.3, 0.4) is 0 Å². The second-order valence-corrected chi connectivity index (χ2v) is 7.92. The predicted molar refractivity (Wildman–Crippen MR) is 103 cm³/mol. The molecular weight excluding hydrogens is 404 g/mol. The first-order valence-electron chi connectivity index (χ1n) is 8.06. The lowest BCUT2D eigenvalue weighted by Gasteiger charge is -2.12. The minimum absolute atomic E-state index is 0.284. The zero-order valence-electron chi connectivity index (χ0n) is 14.7. The average molecular weight is 427 g/mol. The quantitative estimate of drug-likeness (QED) is 0.620. The van der Waals surface area contributed by atoms with Crippen LogP contribution in [0.1, 0.15) is 31.7 Å². The molecule has 0 unspecified atom stereocenters. The van der Waals surface area contributed by atoms with Crippen LogP contribution in [0.5, 0.6) is 5.75 Å². The van der Waals surface area contributed by atoms with Crippen molar-refractivity contribution >= 4 is 33.6 Å². The van der Waals surface area contributed by atoms with Crippen molar-refractivity contribution in [3.63, 3.8) is 0 Å². The van der Waals surface area contributed by atoms with Gasteiger partial charge in [-0.25, -0.2) is 0 Å². The number of thioether (sulfide) groups is 1. The van der Waals surface area contributed by atoms with Crippen LogP contribution >= 0.6 is 27.7 Å². The molecule has 8 heteroatoms. The molecule has 0 fully saturated rings. The van der Waals surface area contributed by atoms with Gasteiger partial charge in [0.1, 0.15) is 11.6 Å². The number of aryl methyl sites for hydroxylation is 1. The van der Waals surface area contributed by atoms with Crippen molar-refractivity contribution in [2.75, 3.05) is 7.11 Å². The summed E-state index contributed by atoms with van der Waals surface area (Å²) in [5.74, 6) is 2.53. The van der Waals surface area contributed by atoms with Gasteiger partial charge >= 0.3 is 0 Å². The van der Waals surface area contributed by atoms with Crippen molar-refractivity contribution in [2.24, 2.45) is 11.7 Å². The van der Waals surface area contributed by atoms with Crippen LogP contribution in [-0.2, 0) is 23.5 Å². The van der Waals surface area contributed by atoms with Crippen LogP contribution in [0.15, 0.2) is 27.8 Å². The number of nitrogens with zero attached hydrogens (tertiary/aromatic N) is 3. The van der Waals surface area contributed by atoms with E-state index in [1.54, 1.807) is 18.9 Å². The van der Waals surface area contributed by atoms with Gasteiger partial charge in [0.25, 0.3) is 0 Å². The molecule has 1 amide bonds. The van der Waals surface area contributed by atoms with Gasteiger partial charge in [0.15, 0.2) is 5.16 Å². The van der Waals surface area contributed by atoms with Crippen molar-refractivity contribution in [1.29, 1.82) is 0 Å². The lowest BCUT2D eigenvalue weighted by molar-refractivity contribution is -0.118. The molecule has 25 heavy (non-hydrogen) atoms. The van der Waals surface area contributed by atoms with Crippen LogP contribution in [-0.4, -0.2) is 27.8 Å². The van der Waals surface area contributed by atoms with E-state index in [0.717, 1.165) is 39.1 Å². The molecule has 0 saturated heterocycles. The molecule has 0 bridgehead atoms. The summed E-state index contributed by atoms with van der Waals surface area (Å²) >= 11 is 5.14. The van der Waals surface area contributed by atoms with E-state index in [4.69, 9.17) is 10.5 Å². The third kappa shape index (κ3) is 5.74. The number of primary amides is 1. The summed E-state index contributed by atoms with van der Waals surface area (Å²) in [6.07, 6.45) is 0.802. The standard InChI is InChI=1S/C17H23BrN4O2S/c1-11(2)9-22-16(7-6-15(19)23)20-21-17(22)25-10-12-4-5-14(24-3)13(18)8-12/h4-5,8,11H,6-7,9-10H2,1-3H3,(H2,19,23). The maximum atomic E-state index is 11.1. The Morgan fingerprint density at radius 1 is 1.40 bits per heavy atom. The fourth-order valence-electron chi connectivity index (χ4n) is 2.34. The van der Waals surface area contributed by atoms with Gasteiger partial charge in [0, 0.05) is 25.1 Å². The Morgan fingerprint density at radius 3 is 2.76 bits per heavy atom. The highest BCUT2D eigenvalue weighted by atomic mass is 79.9.